The minimum atomic E-state index is 0.680. The predicted octanol–water partition coefficient (Wildman–Crippen LogP) is 4.66. The van der Waals surface area contributed by atoms with Gasteiger partial charge in [-0.25, -0.2) is 9.97 Å². The summed E-state index contributed by atoms with van der Waals surface area (Å²) in [7, 11) is 0. The van der Waals surface area contributed by atoms with Gasteiger partial charge < -0.3 is 20.0 Å². The Morgan fingerprint density at radius 3 is 2.46 bits per heavy atom. The quantitative estimate of drug-likeness (QED) is 0.319. The Hall–Kier alpha value is -3.61. The topological polar surface area (TPSA) is 76.2 Å². The number of fused-ring (bicyclic) bond motifs is 1. The maximum Gasteiger partial charge on any atom is 0.187 e. The Kier molecular flexibility index (Phi) is 7.66. The maximum absolute atomic E-state index is 4.60. The standard InChI is InChI=1S/C30H33BrN8/c1-22-25(32-11-14-37-12-5-6-13-37)19-24(10-9-23-7-3-2-4-8-23)20-26(22)38-15-17-39(18-16-38)30-27-28(31)35-36-29(27)33-21-34-30/h2-4,7-8,19-21,32H,5-6,11-18H2,1H3,(H,33,34,35,36). The Morgan fingerprint density at radius 1 is 0.923 bits per heavy atom. The first-order valence-corrected chi connectivity index (χ1v) is 14.5. The summed E-state index contributed by atoms with van der Waals surface area (Å²) in [4.78, 5) is 16.2. The van der Waals surface area contributed by atoms with Crippen LogP contribution in [0.1, 0.15) is 29.5 Å². The van der Waals surface area contributed by atoms with E-state index in [0.29, 0.717) is 5.65 Å². The van der Waals surface area contributed by atoms with Gasteiger partial charge in [-0.1, -0.05) is 30.0 Å². The van der Waals surface area contributed by atoms with Crippen molar-refractivity contribution in [1.82, 2.24) is 25.1 Å². The van der Waals surface area contributed by atoms with Crippen LogP contribution in [0, 0.1) is 18.8 Å². The number of halogens is 1. The smallest absolute Gasteiger partial charge is 0.187 e. The second-order valence-electron chi connectivity index (χ2n) is 10.2. The van der Waals surface area contributed by atoms with Crippen LogP contribution in [0.4, 0.5) is 17.2 Å². The van der Waals surface area contributed by atoms with Gasteiger partial charge in [-0.3, -0.25) is 5.10 Å². The molecular weight excluding hydrogens is 552 g/mol. The third kappa shape index (κ3) is 5.72. The molecule has 4 aromatic rings. The molecule has 0 bridgehead atoms. The number of likely N-dealkylation sites (tertiary alicyclic amines) is 1. The van der Waals surface area contributed by atoms with Crippen molar-refractivity contribution >= 4 is 44.2 Å². The summed E-state index contributed by atoms with van der Waals surface area (Å²) in [5, 5.41) is 11.9. The number of aromatic nitrogens is 4. The van der Waals surface area contributed by atoms with Crippen LogP contribution in [0.2, 0.25) is 0 Å². The fourth-order valence-electron chi connectivity index (χ4n) is 5.51. The minimum absolute atomic E-state index is 0.680. The lowest BCUT2D eigenvalue weighted by Crippen LogP contribution is -2.47. The zero-order chi connectivity index (χ0) is 26.6. The number of piperazine rings is 1. The predicted molar refractivity (Wildman–Crippen MR) is 162 cm³/mol. The molecule has 0 atom stereocenters. The summed E-state index contributed by atoms with van der Waals surface area (Å²) in [6.07, 6.45) is 4.23. The van der Waals surface area contributed by atoms with E-state index in [4.69, 9.17) is 0 Å². The van der Waals surface area contributed by atoms with Gasteiger partial charge in [-0.05, 0) is 78.6 Å². The number of H-pyrrole nitrogens is 1. The van der Waals surface area contributed by atoms with E-state index in [9.17, 15) is 0 Å². The SMILES string of the molecule is Cc1c(NCCN2CCCC2)cc(C#Cc2ccccc2)cc1N1CCN(c2ncnc3n[nH]c(Br)c23)CC1. The van der Waals surface area contributed by atoms with Gasteiger partial charge in [0.2, 0.25) is 0 Å². The monoisotopic (exact) mass is 584 g/mol. The van der Waals surface area contributed by atoms with Crippen molar-refractivity contribution in [2.24, 2.45) is 0 Å². The summed E-state index contributed by atoms with van der Waals surface area (Å²) in [6.45, 7) is 10.2. The zero-order valence-electron chi connectivity index (χ0n) is 22.3. The molecule has 2 N–H and O–H groups in total. The fourth-order valence-corrected chi connectivity index (χ4v) is 5.95. The van der Waals surface area contributed by atoms with E-state index in [1.54, 1.807) is 6.33 Å². The number of aromatic amines is 1. The van der Waals surface area contributed by atoms with Gasteiger partial charge in [0, 0.05) is 61.8 Å². The highest BCUT2D eigenvalue weighted by atomic mass is 79.9. The average molecular weight is 586 g/mol. The van der Waals surface area contributed by atoms with E-state index in [2.05, 4.69) is 99.1 Å². The number of hydrogen-bond acceptors (Lipinski definition) is 7. The highest BCUT2D eigenvalue weighted by Gasteiger charge is 2.24. The van der Waals surface area contributed by atoms with Crippen LogP contribution < -0.4 is 15.1 Å². The van der Waals surface area contributed by atoms with Crippen LogP contribution in [-0.2, 0) is 0 Å². The summed E-state index contributed by atoms with van der Waals surface area (Å²) < 4.78 is 0.820. The third-order valence-electron chi connectivity index (χ3n) is 7.65. The number of nitrogens with one attached hydrogen (secondary N) is 2. The molecule has 2 aliphatic heterocycles. The van der Waals surface area contributed by atoms with Crippen molar-refractivity contribution in [3.05, 3.63) is 70.1 Å². The zero-order valence-corrected chi connectivity index (χ0v) is 23.8. The van der Waals surface area contributed by atoms with E-state index in [1.807, 2.05) is 18.2 Å². The first-order valence-electron chi connectivity index (χ1n) is 13.7. The first-order chi connectivity index (χ1) is 19.2. The average Bonchev–Trinajstić information content (AvgIpc) is 3.64. The molecular formula is C30H33BrN8. The molecule has 0 amide bonds. The van der Waals surface area contributed by atoms with Crippen molar-refractivity contribution in [2.75, 3.05) is 67.5 Å². The highest BCUT2D eigenvalue weighted by Crippen LogP contribution is 2.32. The Bertz CT molecular complexity index is 1490. The molecule has 200 valence electrons. The molecule has 9 heteroatoms. The summed E-state index contributed by atoms with van der Waals surface area (Å²) >= 11 is 3.57. The van der Waals surface area contributed by atoms with E-state index >= 15 is 0 Å². The van der Waals surface area contributed by atoms with Crippen LogP contribution in [-0.4, -0.2) is 77.4 Å². The summed E-state index contributed by atoms with van der Waals surface area (Å²) in [6, 6.07) is 14.7. The Morgan fingerprint density at radius 2 is 1.67 bits per heavy atom. The number of anilines is 3. The number of rotatable bonds is 6. The second-order valence-corrected chi connectivity index (χ2v) is 11.0. The lowest BCUT2D eigenvalue weighted by molar-refractivity contribution is 0.352. The fraction of sp³-hybridized carbons (Fsp3) is 0.367. The van der Waals surface area contributed by atoms with Gasteiger partial charge in [0.05, 0.1) is 5.39 Å². The van der Waals surface area contributed by atoms with Gasteiger partial charge >= 0.3 is 0 Å². The van der Waals surface area contributed by atoms with E-state index in [1.165, 1.54) is 42.9 Å². The largest absolute Gasteiger partial charge is 0.383 e. The third-order valence-corrected chi connectivity index (χ3v) is 8.23. The molecule has 4 heterocycles. The Balaban J connectivity index is 1.23. The van der Waals surface area contributed by atoms with Gasteiger partial charge in [0.15, 0.2) is 5.65 Å². The molecule has 2 aliphatic rings. The minimum Gasteiger partial charge on any atom is -0.383 e. The molecule has 2 aromatic carbocycles. The normalized spacial score (nSPS) is 15.9. The molecule has 2 saturated heterocycles. The van der Waals surface area contributed by atoms with Gasteiger partial charge in [-0.2, -0.15) is 5.10 Å². The highest BCUT2D eigenvalue weighted by molar-refractivity contribution is 9.10. The van der Waals surface area contributed by atoms with Gasteiger partial charge in [0.1, 0.15) is 16.7 Å². The molecule has 0 saturated carbocycles. The lowest BCUT2D eigenvalue weighted by atomic mass is 10.0. The van der Waals surface area contributed by atoms with Crippen LogP contribution in [0.25, 0.3) is 11.0 Å². The van der Waals surface area contributed by atoms with E-state index < -0.39 is 0 Å². The molecule has 39 heavy (non-hydrogen) atoms. The molecule has 8 nitrogen and oxygen atoms in total. The van der Waals surface area contributed by atoms with Crippen molar-refractivity contribution in [1.29, 1.82) is 0 Å². The van der Waals surface area contributed by atoms with E-state index in [0.717, 1.165) is 66.2 Å². The number of benzene rings is 2. The molecule has 2 aromatic heterocycles. The van der Waals surface area contributed by atoms with Gasteiger partial charge in [-0.15, -0.1) is 0 Å². The molecule has 0 aliphatic carbocycles. The summed E-state index contributed by atoms with van der Waals surface area (Å²) in [5.74, 6) is 7.69. The van der Waals surface area contributed by atoms with Crippen molar-refractivity contribution in [3.8, 4) is 11.8 Å². The molecule has 0 radical (unpaired) electrons. The van der Waals surface area contributed by atoms with Crippen LogP contribution >= 0.6 is 15.9 Å². The molecule has 2 fully saturated rings. The maximum atomic E-state index is 4.60. The van der Waals surface area contributed by atoms with Crippen molar-refractivity contribution in [3.63, 3.8) is 0 Å². The first kappa shape index (κ1) is 25.7. The Labute approximate surface area is 237 Å². The van der Waals surface area contributed by atoms with E-state index in [-0.39, 0.29) is 0 Å². The van der Waals surface area contributed by atoms with Gasteiger partial charge in [0.25, 0.3) is 0 Å². The van der Waals surface area contributed by atoms with Crippen LogP contribution in [0.15, 0.2) is 53.4 Å². The van der Waals surface area contributed by atoms with Crippen molar-refractivity contribution < 1.29 is 0 Å². The molecule has 0 spiro atoms. The lowest BCUT2D eigenvalue weighted by Gasteiger charge is -2.38. The molecule has 6 rings (SSSR count). The number of hydrogen-bond donors (Lipinski definition) is 2. The van der Waals surface area contributed by atoms with Crippen molar-refractivity contribution in [2.45, 2.75) is 19.8 Å². The molecule has 0 unspecified atom stereocenters. The summed E-state index contributed by atoms with van der Waals surface area (Å²) in [5.41, 5.74) is 6.43. The second kappa shape index (κ2) is 11.6. The number of nitrogens with zero attached hydrogens (tertiary/aromatic N) is 6. The van der Waals surface area contributed by atoms with Crippen LogP contribution in [0.3, 0.4) is 0 Å². The van der Waals surface area contributed by atoms with Crippen LogP contribution in [0.5, 0.6) is 0 Å².